The summed E-state index contributed by atoms with van der Waals surface area (Å²) in [4.78, 5) is 8.87. The summed E-state index contributed by atoms with van der Waals surface area (Å²) >= 11 is 0. The maximum absolute atomic E-state index is 9.72. The fourth-order valence-corrected chi connectivity index (χ4v) is 5.58. The first kappa shape index (κ1) is 22.3. The van der Waals surface area contributed by atoms with Crippen molar-refractivity contribution in [2.45, 2.75) is 44.3 Å². The Morgan fingerprint density at radius 2 is 1.45 bits per heavy atom. The van der Waals surface area contributed by atoms with Crippen LogP contribution in [0.3, 0.4) is 0 Å². The number of nitrogens with zero attached hydrogens (tertiary/aromatic N) is 1. The SMILES string of the molecule is CB(O)N1CCCC(c2c[nH]c3ccccc23)C1.c1ccc2c(C3CCCNC3)c[nH]c2c1. The molecular weight excluding hydrogens is 407 g/mol. The first-order chi connectivity index (χ1) is 16.2. The third-order valence-corrected chi connectivity index (χ3v) is 7.40. The second kappa shape index (κ2) is 10.2. The zero-order valence-electron chi connectivity index (χ0n) is 19.6. The molecule has 172 valence electrons. The number of hydrogen-bond donors (Lipinski definition) is 4. The monoisotopic (exact) mass is 442 g/mol. The van der Waals surface area contributed by atoms with Crippen LogP contribution >= 0.6 is 0 Å². The van der Waals surface area contributed by atoms with Crippen LogP contribution in [0.1, 0.15) is 48.6 Å². The molecule has 2 fully saturated rings. The van der Waals surface area contributed by atoms with Crippen molar-refractivity contribution in [3.05, 3.63) is 72.1 Å². The highest BCUT2D eigenvalue weighted by Gasteiger charge is 2.27. The highest BCUT2D eigenvalue weighted by molar-refractivity contribution is 6.45. The maximum atomic E-state index is 9.72. The lowest BCUT2D eigenvalue weighted by atomic mass is 9.79. The quantitative estimate of drug-likeness (QED) is 0.334. The van der Waals surface area contributed by atoms with E-state index >= 15 is 0 Å². The molecule has 2 atom stereocenters. The third-order valence-electron chi connectivity index (χ3n) is 7.40. The fraction of sp³-hybridized carbons (Fsp3) is 0.407. The van der Waals surface area contributed by atoms with Gasteiger partial charge in [-0.1, -0.05) is 36.4 Å². The number of aromatic amines is 2. The molecule has 4 N–H and O–H groups in total. The van der Waals surface area contributed by atoms with Gasteiger partial charge in [0.2, 0.25) is 0 Å². The highest BCUT2D eigenvalue weighted by Crippen LogP contribution is 2.32. The Hall–Kier alpha value is -2.54. The molecule has 6 heteroatoms. The van der Waals surface area contributed by atoms with Gasteiger partial charge >= 0.3 is 7.05 Å². The van der Waals surface area contributed by atoms with Crippen molar-refractivity contribution in [1.82, 2.24) is 20.1 Å². The van der Waals surface area contributed by atoms with Gasteiger partial charge < -0.3 is 25.1 Å². The van der Waals surface area contributed by atoms with E-state index < -0.39 is 0 Å². The highest BCUT2D eigenvalue weighted by atomic mass is 16.2. The molecule has 0 saturated carbocycles. The van der Waals surface area contributed by atoms with Crippen LogP contribution < -0.4 is 5.32 Å². The molecule has 0 bridgehead atoms. The molecule has 2 aliphatic heterocycles. The minimum absolute atomic E-state index is 0.335. The van der Waals surface area contributed by atoms with E-state index in [-0.39, 0.29) is 7.05 Å². The Balaban J connectivity index is 0.000000140. The molecule has 4 aromatic rings. The number of H-pyrrole nitrogens is 2. The van der Waals surface area contributed by atoms with Crippen LogP contribution in [0.15, 0.2) is 60.9 Å². The normalized spacial score (nSPS) is 21.6. The molecular formula is C27H35BN4O. The number of benzene rings is 2. The lowest BCUT2D eigenvalue weighted by molar-refractivity contribution is 0.286. The smallest absolute Gasteiger partial charge is 0.376 e. The molecule has 4 heterocycles. The Kier molecular flexibility index (Phi) is 6.86. The molecule has 0 aliphatic carbocycles. The molecule has 2 aliphatic rings. The van der Waals surface area contributed by atoms with Crippen molar-refractivity contribution < 1.29 is 5.02 Å². The van der Waals surface area contributed by atoms with Crippen LogP contribution in [-0.4, -0.2) is 53.0 Å². The first-order valence-corrected chi connectivity index (χ1v) is 12.5. The molecule has 2 saturated heterocycles. The minimum atomic E-state index is -0.335. The Morgan fingerprint density at radius 3 is 2.06 bits per heavy atom. The van der Waals surface area contributed by atoms with Gasteiger partial charge in [-0.2, -0.15) is 0 Å². The Bertz CT molecular complexity index is 1180. The van der Waals surface area contributed by atoms with E-state index in [1.807, 2.05) is 6.82 Å². The van der Waals surface area contributed by atoms with Crippen LogP contribution in [-0.2, 0) is 0 Å². The molecule has 2 aromatic heterocycles. The zero-order valence-corrected chi connectivity index (χ0v) is 19.6. The van der Waals surface area contributed by atoms with Crippen LogP contribution in [0, 0.1) is 0 Å². The minimum Gasteiger partial charge on any atom is -0.437 e. The number of piperidine rings is 2. The van der Waals surface area contributed by atoms with Gasteiger partial charge in [0.1, 0.15) is 0 Å². The molecule has 2 unspecified atom stereocenters. The molecule has 0 radical (unpaired) electrons. The number of aromatic nitrogens is 2. The summed E-state index contributed by atoms with van der Waals surface area (Å²) in [6.45, 7) is 6.13. The van der Waals surface area contributed by atoms with Crippen molar-refractivity contribution in [1.29, 1.82) is 0 Å². The predicted octanol–water partition coefficient (Wildman–Crippen LogP) is 5.09. The summed E-state index contributed by atoms with van der Waals surface area (Å²) in [5, 5.41) is 15.9. The largest absolute Gasteiger partial charge is 0.437 e. The Morgan fingerprint density at radius 1 is 0.848 bits per heavy atom. The van der Waals surface area contributed by atoms with Crippen LogP contribution in [0.5, 0.6) is 0 Å². The van der Waals surface area contributed by atoms with E-state index in [1.165, 1.54) is 58.7 Å². The van der Waals surface area contributed by atoms with Crippen molar-refractivity contribution in [2.75, 3.05) is 26.2 Å². The van der Waals surface area contributed by atoms with Gasteiger partial charge in [0.15, 0.2) is 0 Å². The fourth-order valence-electron chi connectivity index (χ4n) is 5.58. The van der Waals surface area contributed by atoms with E-state index in [9.17, 15) is 5.02 Å². The van der Waals surface area contributed by atoms with Crippen molar-refractivity contribution in [3.8, 4) is 0 Å². The lowest BCUT2D eigenvalue weighted by Gasteiger charge is -2.33. The standard InChI is InChI=1S/C14H19BN2O.C13H16N2/c1-15(18)17-8-4-5-11(10-17)13-9-16-14-7-3-2-6-12(13)14;1-2-6-13-11(5-1)12(9-15-13)10-4-3-7-14-8-10/h2-3,6-7,9,11,16,18H,4-5,8,10H2,1H3;1-2,5-6,9-10,14-15H,3-4,7-8H2. The zero-order chi connectivity index (χ0) is 22.6. The third kappa shape index (κ3) is 4.88. The first-order valence-electron chi connectivity index (χ1n) is 12.5. The summed E-state index contributed by atoms with van der Waals surface area (Å²) in [6, 6.07) is 17.0. The van der Waals surface area contributed by atoms with E-state index in [4.69, 9.17) is 0 Å². The summed E-state index contributed by atoms with van der Waals surface area (Å²) < 4.78 is 0. The lowest BCUT2D eigenvalue weighted by Crippen LogP contribution is -2.43. The van der Waals surface area contributed by atoms with Crippen molar-refractivity contribution >= 4 is 28.9 Å². The van der Waals surface area contributed by atoms with E-state index in [2.05, 4.69) is 81.0 Å². The Labute approximate surface area is 196 Å². The van der Waals surface area contributed by atoms with Gasteiger partial charge in [0.25, 0.3) is 0 Å². The van der Waals surface area contributed by atoms with Gasteiger partial charge in [0, 0.05) is 40.7 Å². The van der Waals surface area contributed by atoms with Gasteiger partial charge in [-0.3, -0.25) is 0 Å². The number of nitrogens with one attached hydrogen (secondary N) is 3. The van der Waals surface area contributed by atoms with Crippen LogP contribution in [0.2, 0.25) is 6.82 Å². The molecule has 33 heavy (non-hydrogen) atoms. The van der Waals surface area contributed by atoms with Gasteiger partial charge in [-0.05, 0) is 87.2 Å². The van der Waals surface area contributed by atoms with Crippen molar-refractivity contribution in [3.63, 3.8) is 0 Å². The topological polar surface area (TPSA) is 67.1 Å². The number of rotatable bonds is 3. The molecule has 0 spiro atoms. The molecule has 6 rings (SSSR count). The van der Waals surface area contributed by atoms with E-state index in [1.54, 1.807) is 0 Å². The second-order valence-electron chi connectivity index (χ2n) is 9.59. The molecule has 0 amide bonds. The summed E-state index contributed by atoms with van der Waals surface area (Å²) in [5.41, 5.74) is 5.36. The summed E-state index contributed by atoms with van der Waals surface area (Å²) in [6.07, 6.45) is 9.31. The maximum Gasteiger partial charge on any atom is 0.376 e. The number of fused-ring (bicyclic) bond motifs is 2. The second-order valence-corrected chi connectivity index (χ2v) is 9.59. The summed E-state index contributed by atoms with van der Waals surface area (Å²) in [5.74, 6) is 1.22. The van der Waals surface area contributed by atoms with Crippen LogP contribution in [0.25, 0.3) is 21.8 Å². The van der Waals surface area contributed by atoms with E-state index in [0.717, 1.165) is 26.1 Å². The average molecular weight is 442 g/mol. The van der Waals surface area contributed by atoms with Gasteiger partial charge in [0.05, 0.1) is 0 Å². The van der Waals surface area contributed by atoms with Gasteiger partial charge in [-0.15, -0.1) is 0 Å². The van der Waals surface area contributed by atoms with E-state index in [0.29, 0.717) is 11.8 Å². The summed E-state index contributed by atoms with van der Waals surface area (Å²) in [7, 11) is -0.335. The van der Waals surface area contributed by atoms with Crippen molar-refractivity contribution in [2.24, 2.45) is 0 Å². The number of hydrogen-bond acceptors (Lipinski definition) is 3. The molecule has 2 aromatic carbocycles. The number of para-hydroxylation sites is 2. The molecule has 5 nitrogen and oxygen atoms in total. The average Bonchev–Trinajstić information content (AvgIpc) is 3.50. The van der Waals surface area contributed by atoms with Crippen LogP contribution in [0.4, 0.5) is 0 Å². The van der Waals surface area contributed by atoms with Gasteiger partial charge in [-0.25, -0.2) is 0 Å². The predicted molar refractivity (Wildman–Crippen MR) is 139 cm³/mol.